The summed E-state index contributed by atoms with van der Waals surface area (Å²) in [4.78, 5) is 23.3. The van der Waals surface area contributed by atoms with Gasteiger partial charge in [0.2, 0.25) is 0 Å². The van der Waals surface area contributed by atoms with E-state index < -0.39 is 18.0 Å². The van der Waals surface area contributed by atoms with E-state index in [9.17, 15) is 19.8 Å². The summed E-state index contributed by atoms with van der Waals surface area (Å²) in [5, 5.41) is 20.1. The first-order valence-corrected chi connectivity index (χ1v) is 10.4. The Labute approximate surface area is 177 Å². The maximum atomic E-state index is 12.0. The van der Waals surface area contributed by atoms with Crippen LogP contribution in [0.5, 0.6) is 5.75 Å². The fraction of sp³-hybridized carbons (Fsp3) is 0.417. The predicted molar refractivity (Wildman–Crippen MR) is 114 cm³/mol. The van der Waals surface area contributed by atoms with Crippen LogP contribution in [0.2, 0.25) is 0 Å². The molecule has 0 aliphatic rings. The Balaban J connectivity index is 2.21. The van der Waals surface area contributed by atoms with Gasteiger partial charge < -0.3 is 19.7 Å². The van der Waals surface area contributed by atoms with Crippen molar-refractivity contribution in [1.29, 1.82) is 0 Å². The molecule has 0 bridgehead atoms. The molecule has 162 valence electrons. The zero-order valence-corrected chi connectivity index (χ0v) is 17.6. The van der Waals surface area contributed by atoms with E-state index in [0.717, 1.165) is 25.7 Å². The third kappa shape index (κ3) is 6.88. The SMILES string of the molecule is CCCCCCOc1ccc(C(O)c2cccc(C(=O)OCC)c2)cc1CC(=O)O. The van der Waals surface area contributed by atoms with Crippen LogP contribution in [0.4, 0.5) is 0 Å². The summed E-state index contributed by atoms with van der Waals surface area (Å²) in [5.41, 5.74) is 1.92. The van der Waals surface area contributed by atoms with Crippen molar-refractivity contribution in [3.05, 3.63) is 64.7 Å². The molecular weight excluding hydrogens is 384 g/mol. The van der Waals surface area contributed by atoms with Crippen molar-refractivity contribution in [2.45, 2.75) is 52.1 Å². The van der Waals surface area contributed by atoms with Crippen LogP contribution in [-0.2, 0) is 16.0 Å². The molecule has 0 radical (unpaired) electrons. The van der Waals surface area contributed by atoms with Crippen LogP contribution in [0.3, 0.4) is 0 Å². The number of aliphatic hydroxyl groups is 1. The van der Waals surface area contributed by atoms with Gasteiger partial charge in [-0.3, -0.25) is 4.79 Å². The van der Waals surface area contributed by atoms with E-state index in [1.165, 1.54) is 0 Å². The molecule has 0 amide bonds. The molecule has 0 aliphatic carbocycles. The highest BCUT2D eigenvalue weighted by molar-refractivity contribution is 5.89. The summed E-state index contributed by atoms with van der Waals surface area (Å²) >= 11 is 0. The van der Waals surface area contributed by atoms with E-state index in [4.69, 9.17) is 9.47 Å². The molecule has 1 atom stereocenters. The molecule has 0 spiro atoms. The number of aliphatic carboxylic acids is 1. The second kappa shape index (κ2) is 12.0. The molecule has 0 aromatic heterocycles. The van der Waals surface area contributed by atoms with Crippen molar-refractivity contribution in [3.8, 4) is 5.75 Å². The van der Waals surface area contributed by atoms with Gasteiger partial charge in [-0.2, -0.15) is 0 Å². The number of unbranched alkanes of at least 4 members (excludes halogenated alkanes) is 3. The molecule has 30 heavy (non-hydrogen) atoms. The van der Waals surface area contributed by atoms with Gasteiger partial charge in [0.15, 0.2) is 0 Å². The third-order valence-electron chi connectivity index (χ3n) is 4.71. The minimum absolute atomic E-state index is 0.201. The Morgan fingerprint density at radius 3 is 2.47 bits per heavy atom. The minimum Gasteiger partial charge on any atom is -0.493 e. The topological polar surface area (TPSA) is 93.1 Å². The number of esters is 1. The largest absolute Gasteiger partial charge is 0.493 e. The monoisotopic (exact) mass is 414 g/mol. The van der Waals surface area contributed by atoms with Crippen molar-refractivity contribution in [1.82, 2.24) is 0 Å². The Hall–Kier alpha value is -2.86. The molecule has 1 unspecified atom stereocenters. The van der Waals surface area contributed by atoms with Crippen LogP contribution in [0.1, 0.15) is 72.7 Å². The average molecular weight is 414 g/mol. The fourth-order valence-corrected chi connectivity index (χ4v) is 3.16. The fourth-order valence-electron chi connectivity index (χ4n) is 3.16. The van der Waals surface area contributed by atoms with Gasteiger partial charge in [-0.1, -0.05) is 44.4 Å². The Morgan fingerprint density at radius 1 is 1.00 bits per heavy atom. The number of aliphatic hydroxyl groups excluding tert-OH is 1. The lowest BCUT2D eigenvalue weighted by atomic mass is 9.97. The van der Waals surface area contributed by atoms with E-state index >= 15 is 0 Å². The van der Waals surface area contributed by atoms with Crippen LogP contribution in [0.25, 0.3) is 0 Å². The summed E-state index contributed by atoms with van der Waals surface area (Å²) in [7, 11) is 0. The summed E-state index contributed by atoms with van der Waals surface area (Å²) in [5.74, 6) is -0.906. The van der Waals surface area contributed by atoms with Crippen LogP contribution in [0, 0.1) is 0 Å². The van der Waals surface area contributed by atoms with Crippen molar-refractivity contribution < 1.29 is 29.3 Å². The summed E-state index contributed by atoms with van der Waals surface area (Å²) in [6, 6.07) is 11.7. The highest BCUT2D eigenvalue weighted by Crippen LogP contribution is 2.28. The van der Waals surface area contributed by atoms with Crippen LogP contribution in [-0.4, -0.2) is 35.4 Å². The Morgan fingerprint density at radius 2 is 1.77 bits per heavy atom. The van der Waals surface area contributed by atoms with Crippen molar-refractivity contribution in [3.63, 3.8) is 0 Å². The molecule has 0 heterocycles. The third-order valence-corrected chi connectivity index (χ3v) is 4.71. The van der Waals surface area contributed by atoms with Gasteiger partial charge in [0.1, 0.15) is 11.9 Å². The van der Waals surface area contributed by atoms with E-state index in [1.54, 1.807) is 49.4 Å². The van der Waals surface area contributed by atoms with Gasteiger partial charge >= 0.3 is 11.9 Å². The van der Waals surface area contributed by atoms with E-state index in [0.29, 0.717) is 34.6 Å². The van der Waals surface area contributed by atoms with Crippen LogP contribution < -0.4 is 4.74 Å². The number of benzene rings is 2. The van der Waals surface area contributed by atoms with Gasteiger partial charge in [-0.15, -0.1) is 0 Å². The maximum absolute atomic E-state index is 12.0. The van der Waals surface area contributed by atoms with E-state index in [1.807, 2.05) is 0 Å². The van der Waals surface area contributed by atoms with Gasteiger partial charge in [-0.25, -0.2) is 4.79 Å². The van der Waals surface area contributed by atoms with Crippen molar-refractivity contribution in [2.75, 3.05) is 13.2 Å². The number of carboxylic acid groups (broad SMARTS) is 1. The summed E-state index contributed by atoms with van der Waals surface area (Å²) < 4.78 is 10.8. The Kier molecular flexibility index (Phi) is 9.35. The number of carboxylic acids is 1. The molecule has 2 rings (SSSR count). The highest BCUT2D eigenvalue weighted by Gasteiger charge is 2.17. The zero-order chi connectivity index (χ0) is 21.9. The van der Waals surface area contributed by atoms with Crippen molar-refractivity contribution >= 4 is 11.9 Å². The molecule has 0 saturated carbocycles. The van der Waals surface area contributed by atoms with Crippen molar-refractivity contribution in [2.24, 2.45) is 0 Å². The van der Waals surface area contributed by atoms with E-state index in [2.05, 4.69) is 6.92 Å². The molecule has 6 heteroatoms. The first-order chi connectivity index (χ1) is 14.5. The maximum Gasteiger partial charge on any atom is 0.338 e. The average Bonchev–Trinajstić information content (AvgIpc) is 2.73. The van der Waals surface area contributed by atoms with Crippen LogP contribution >= 0.6 is 0 Å². The Bertz CT molecular complexity index is 845. The number of hydrogen-bond donors (Lipinski definition) is 2. The first kappa shape index (κ1) is 23.4. The molecule has 2 N–H and O–H groups in total. The number of ether oxygens (including phenoxy) is 2. The summed E-state index contributed by atoms with van der Waals surface area (Å²) in [6.45, 7) is 4.66. The lowest BCUT2D eigenvalue weighted by Crippen LogP contribution is -2.09. The standard InChI is InChI=1S/C24H30O6/c1-3-5-6-7-13-30-21-12-11-18(15-20(21)16-22(25)26)23(27)17-9-8-10-19(14-17)24(28)29-4-2/h8-12,14-15,23,27H,3-7,13,16H2,1-2H3,(H,25,26). The second-order valence-corrected chi connectivity index (χ2v) is 7.10. The zero-order valence-electron chi connectivity index (χ0n) is 17.6. The number of rotatable bonds is 12. The smallest absolute Gasteiger partial charge is 0.338 e. The second-order valence-electron chi connectivity index (χ2n) is 7.10. The summed E-state index contributed by atoms with van der Waals surface area (Å²) in [6.07, 6.45) is 3.04. The number of carbonyl (C=O) groups excluding carboxylic acids is 1. The van der Waals surface area contributed by atoms with Gasteiger partial charge in [-0.05, 0) is 48.7 Å². The first-order valence-electron chi connectivity index (χ1n) is 10.4. The quantitative estimate of drug-likeness (QED) is 0.391. The molecular formula is C24H30O6. The predicted octanol–water partition coefficient (Wildman–Crippen LogP) is 4.53. The molecule has 0 aliphatic heterocycles. The highest BCUT2D eigenvalue weighted by atomic mass is 16.5. The van der Waals surface area contributed by atoms with E-state index in [-0.39, 0.29) is 13.0 Å². The number of hydrogen-bond acceptors (Lipinski definition) is 5. The van der Waals surface area contributed by atoms with Gasteiger partial charge in [0.05, 0.1) is 25.2 Å². The molecule has 0 saturated heterocycles. The normalized spacial score (nSPS) is 11.7. The molecule has 2 aromatic rings. The lowest BCUT2D eigenvalue weighted by Gasteiger charge is -2.16. The minimum atomic E-state index is -1.01. The molecule has 0 fully saturated rings. The molecule has 2 aromatic carbocycles. The van der Waals surface area contributed by atoms with Gasteiger partial charge in [0.25, 0.3) is 0 Å². The number of carbonyl (C=O) groups is 2. The van der Waals surface area contributed by atoms with Gasteiger partial charge in [0, 0.05) is 5.56 Å². The molecule has 6 nitrogen and oxygen atoms in total. The van der Waals surface area contributed by atoms with Crippen LogP contribution in [0.15, 0.2) is 42.5 Å². The lowest BCUT2D eigenvalue weighted by molar-refractivity contribution is -0.136.